The molecule has 2 nitrogen and oxygen atoms in total. The Kier molecular flexibility index (Phi) is 4.36. The Morgan fingerprint density at radius 2 is 2.20 bits per heavy atom. The van der Waals surface area contributed by atoms with Gasteiger partial charge in [0.2, 0.25) is 0 Å². The van der Waals surface area contributed by atoms with Crippen LogP contribution in [0.15, 0.2) is 11.6 Å². The first-order chi connectivity index (χ1) is 4.57. The van der Waals surface area contributed by atoms with Crippen molar-refractivity contribution in [1.29, 1.82) is 0 Å². The van der Waals surface area contributed by atoms with Crippen LogP contribution in [0.4, 0.5) is 0 Å². The topological polar surface area (TPSA) is 26.3 Å². The van der Waals surface area contributed by atoms with Gasteiger partial charge < -0.3 is 4.74 Å². The number of alkyl halides is 1. The molecule has 0 heterocycles. The molecule has 0 aromatic heterocycles. The molecule has 0 radical (unpaired) electrons. The molecule has 0 spiro atoms. The molecule has 0 fully saturated rings. The summed E-state index contributed by atoms with van der Waals surface area (Å²) in [5.74, 6) is -0.302. The molecule has 1 unspecified atom stereocenters. The first-order valence-electron chi connectivity index (χ1n) is 2.98. The quantitative estimate of drug-likeness (QED) is 0.392. The fourth-order valence-electron chi connectivity index (χ4n) is 0.360. The van der Waals surface area contributed by atoms with Gasteiger partial charge in [-0.05, 0) is 13.8 Å². The molecule has 58 valence electrons. The summed E-state index contributed by atoms with van der Waals surface area (Å²) in [5.41, 5.74) is 0.965. The Morgan fingerprint density at radius 3 is 2.50 bits per heavy atom. The molecule has 1 atom stereocenters. The number of methoxy groups -OCH3 is 1. The minimum Gasteiger partial charge on any atom is -0.466 e. The molecule has 0 aliphatic rings. The third kappa shape index (κ3) is 3.67. The second-order valence-corrected chi connectivity index (χ2v) is 3.40. The maximum atomic E-state index is 10.6. The van der Waals surface area contributed by atoms with Crippen molar-refractivity contribution in [3.63, 3.8) is 0 Å². The van der Waals surface area contributed by atoms with E-state index >= 15 is 0 Å². The van der Waals surface area contributed by atoms with Crippen LogP contribution in [0.1, 0.15) is 13.8 Å². The van der Waals surface area contributed by atoms with Crippen LogP contribution in [-0.2, 0) is 9.53 Å². The number of carbonyl (C=O) groups excluding carboxylic acids is 1. The smallest absolute Gasteiger partial charge is 0.330 e. The van der Waals surface area contributed by atoms with Crippen LogP contribution in [-0.4, -0.2) is 17.9 Å². The minimum absolute atomic E-state index is 0.228. The number of hydrogen-bond acceptors (Lipinski definition) is 2. The molecule has 0 saturated carbocycles. The van der Waals surface area contributed by atoms with E-state index in [9.17, 15) is 4.79 Å². The van der Waals surface area contributed by atoms with E-state index in [1.54, 1.807) is 0 Å². The largest absolute Gasteiger partial charge is 0.466 e. The molecular weight excluding hydrogens is 196 g/mol. The number of rotatable bonds is 2. The highest BCUT2D eigenvalue weighted by atomic mass is 79.9. The first kappa shape index (κ1) is 9.69. The van der Waals surface area contributed by atoms with E-state index in [4.69, 9.17) is 0 Å². The van der Waals surface area contributed by atoms with E-state index in [2.05, 4.69) is 20.7 Å². The second-order valence-electron chi connectivity index (χ2n) is 2.03. The van der Waals surface area contributed by atoms with Gasteiger partial charge in [0, 0.05) is 10.9 Å². The van der Waals surface area contributed by atoms with Crippen molar-refractivity contribution in [1.82, 2.24) is 0 Å². The van der Waals surface area contributed by atoms with E-state index in [0.29, 0.717) is 0 Å². The lowest BCUT2D eigenvalue weighted by molar-refractivity contribution is -0.134. The molecule has 0 amide bonds. The van der Waals surface area contributed by atoms with Crippen molar-refractivity contribution in [2.24, 2.45) is 0 Å². The fourth-order valence-corrected chi connectivity index (χ4v) is 0.492. The fraction of sp³-hybridized carbons (Fsp3) is 0.571. The Bertz CT molecular complexity index is 150. The van der Waals surface area contributed by atoms with Crippen LogP contribution >= 0.6 is 15.9 Å². The lowest BCUT2D eigenvalue weighted by atomic mass is 10.2. The van der Waals surface area contributed by atoms with Crippen molar-refractivity contribution in [3.05, 3.63) is 11.6 Å². The Labute approximate surface area is 69.4 Å². The number of allylic oxidation sites excluding steroid dienone is 1. The number of carbonyl (C=O) groups is 1. The molecule has 0 aromatic rings. The summed E-state index contributed by atoms with van der Waals surface area (Å²) in [6, 6.07) is 0. The van der Waals surface area contributed by atoms with E-state index in [0.717, 1.165) is 5.57 Å². The lowest BCUT2D eigenvalue weighted by Gasteiger charge is -2.00. The van der Waals surface area contributed by atoms with Crippen molar-refractivity contribution in [2.45, 2.75) is 18.7 Å². The van der Waals surface area contributed by atoms with E-state index in [1.165, 1.54) is 13.2 Å². The Hall–Kier alpha value is -0.310. The molecule has 0 aromatic carbocycles. The Morgan fingerprint density at radius 1 is 1.70 bits per heavy atom. The zero-order valence-electron chi connectivity index (χ0n) is 6.35. The molecule has 0 saturated heterocycles. The maximum absolute atomic E-state index is 10.6. The molecule has 10 heavy (non-hydrogen) atoms. The summed E-state index contributed by atoms with van der Waals surface area (Å²) in [6.45, 7) is 3.82. The van der Waals surface area contributed by atoms with Gasteiger partial charge in [-0.1, -0.05) is 21.5 Å². The highest BCUT2D eigenvalue weighted by Crippen LogP contribution is 2.09. The number of esters is 1. The van der Waals surface area contributed by atoms with Gasteiger partial charge in [0.25, 0.3) is 0 Å². The van der Waals surface area contributed by atoms with Crippen LogP contribution in [0, 0.1) is 0 Å². The standard InChI is InChI=1S/C7H11BrO2/c1-5(6(2)8)4-7(9)10-3/h4,6H,1-3H3/b5-4-. The van der Waals surface area contributed by atoms with Gasteiger partial charge >= 0.3 is 5.97 Å². The average Bonchev–Trinajstić information content (AvgIpc) is 1.87. The molecule has 0 bridgehead atoms. The van der Waals surface area contributed by atoms with Crippen molar-refractivity contribution in [2.75, 3.05) is 7.11 Å². The minimum atomic E-state index is -0.302. The number of ether oxygens (including phenoxy) is 1. The predicted octanol–water partition coefficient (Wildman–Crippen LogP) is 1.89. The third-order valence-corrected chi connectivity index (χ3v) is 1.90. The summed E-state index contributed by atoms with van der Waals surface area (Å²) < 4.78 is 4.43. The van der Waals surface area contributed by atoms with Gasteiger partial charge in [0.15, 0.2) is 0 Å². The van der Waals surface area contributed by atoms with Crippen molar-refractivity contribution < 1.29 is 9.53 Å². The van der Waals surface area contributed by atoms with Gasteiger partial charge in [-0.15, -0.1) is 0 Å². The second kappa shape index (κ2) is 4.50. The van der Waals surface area contributed by atoms with Gasteiger partial charge in [-0.25, -0.2) is 4.79 Å². The summed E-state index contributed by atoms with van der Waals surface area (Å²) >= 11 is 3.32. The SMILES string of the molecule is COC(=O)/C=C(/C)C(C)Br. The van der Waals surface area contributed by atoms with Crippen molar-refractivity contribution in [3.8, 4) is 0 Å². The van der Waals surface area contributed by atoms with Gasteiger partial charge in [-0.3, -0.25) is 0 Å². The average molecular weight is 207 g/mol. The molecule has 0 aliphatic carbocycles. The normalized spacial score (nSPS) is 14.6. The monoisotopic (exact) mass is 206 g/mol. The predicted molar refractivity (Wildman–Crippen MR) is 44.2 cm³/mol. The van der Waals surface area contributed by atoms with E-state index in [-0.39, 0.29) is 10.8 Å². The van der Waals surface area contributed by atoms with Crippen molar-refractivity contribution >= 4 is 21.9 Å². The van der Waals surface area contributed by atoms with Crippen LogP contribution in [0.3, 0.4) is 0 Å². The summed E-state index contributed by atoms with van der Waals surface area (Å²) in [4.78, 5) is 10.8. The summed E-state index contributed by atoms with van der Waals surface area (Å²) in [7, 11) is 1.37. The van der Waals surface area contributed by atoms with Crippen LogP contribution < -0.4 is 0 Å². The highest BCUT2D eigenvalue weighted by Gasteiger charge is 2.00. The molecular formula is C7H11BrO2. The van der Waals surface area contributed by atoms with Gasteiger partial charge in [0.1, 0.15) is 0 Å². The third-order valence-electron chi connectivity index (χ3n) is 1.17. The number of halogens is 1. The van der Waals surface area contributed by atoms with Crippen LogP contribution in [0.2, 0.25) is 0 Å². The molecule has 0 aliphatic heterocycles. The van der Waals surface area contributed by atoms with E-state index < -0.39 is 0 Å². The number of hydrogen-bond donors (Lipinski definition) is 0. The first-order valence-corrected chi connectivity index (χ1v) is 3.89. The van der Waals surface area contributed by atoms with Crippen LogP contribution in [0.25, 0.3) is 0 Å². The van der Waals surface area contributed by atoms with Gasteiger partial charge in [-0.2, -0.15) is 0 Å². The molecule has 0 rings (SSSR count). The summed E-state index contributed by atoms with van der Waals surface area (Å²) in [5, 5.41) is 0. The van der Waals surface area contributed by atoms with E-state index in [1.807, 2.05) is 13.8 Å². The summed E-state index contributed by atoms with van der Waals surface area (Å²) in [6.07, 6.45) is 1.47. The maximum Gasteiger partial charge on any atom is 0.330 e. The molecule has 0 N–H and O–H groups in total. The zero-order chi connectivity index (χ0) is 8.15. The zero-order valence-corrected chi connectivity index (χ0v) is 7.94. The Balaban J connectivity index is 4.03. The molecule has 3 heteroatoms. The highest BCUT2D eigenvalue weighted by molar-refractivity contribution is 9.09. The lowest BCUT2D eigenvalue weighted by Crippen LogP contribution is -2.00. The van der Waals surface area contributed by atoms with Gasteiger partial charge in [0.05, 0.1) is 7.11 Å². The van der Waals surface area contributed by atoms with Crippen LogP contribution in [0.5, 0.6) is 0 Å².